The number of hydrogen-bond donors (Lipinski definition) is 2. The molecule has 0 bridgehead atoms. The number of aliphatic hydroxyl groups is 1. The molecule has 0 unspecified atom stereocenters. The van der Waals surface area contributed by atoms with E-state index in [4.69, 9.17) is 9.84 Å². The third-order valence-corrected chi connectivity index (χ3v) is 5.99. The Kier molecular flexibility index (Phi) is 5.55. The van der Waals surface area contributed by atoms with Crippen LogP contribution in [0.5, 0.6) is 0 Å². The summed E-state index contributed by atoms with van der Waals surface area (Å²) in [4.78, 5) is 18.7. The van der Waals surface area contributed by atoms with Crippen LogP contribution >= 0.6 is 0 Å². The van der Waals surface area contributed by atoms with Gasteiger partial charge in [0.1, 0.15) is 11.3 Å². The quantitative estimate of drug-likeness (QED) is 0.468. The second-order valence-electron chi connectivity index (χ2n) is 8.86. The Balaban J connectivity index is 1.74. The number of nitrogens with zero attached hydrogens (tertiary/aromatic N) is 4. The van der Waals surface area contributed by atoms with Crippen LogP contribution in [0.15, 0.2) is 60.7 Å². The number of carboxylic acids is 1. The van der Waals surface area contributed by atoms with Crippen LogP contribution < -0.4 is 4.90 Å². The van der Waals surface area contributed by atoms with Gasteiger partial charge < -0.3 is 19.8 Å². The average molecular weight is 459 g/mol. The van der Waals surface area contributed by atoms with Gasteiger partial charge >= 0.3 is 5.97 Å². The molecular formula is C26H26N4O4. The van der Waals surface area contributed by atoms with Crippen LogP contribution in [0.2, 0.25) is 0 Å². The Bertz CT molecular complexity index is 1340. The number of carbonyl (C=O) groups is 1. The topological polar surface area (TPSA) is 101 Å². The first-order valence-corrected chi connectivity index (χ1v) is 11.2. The van der Waals surface area contributed by atoms with E-state index < -0.39 is 11.6 Å². The lowest BCUT2D eigenvalue weighted by Gasteiger charge is -2.29. The minimum atomic E-state index is -1.27. The zero-order chi connectivity index (χ0) is 23.9. The fourth-order valence-electron chi connectivity index (χ4n) is 4.30. The van der Waals surface area contributed by atoms with Gasteiger partial charge in [0.2, 0.25) is 0 Å². The first-order valence-electron chi connectivity index (χ1n) is 11.2. The maximum absolute atomic E-state index is 12.0. The first-order chi connectivity index (χ1) is 16.3. The number of anilines is 1. The number of para-hydroxylation sites is 1. The van der Waals surface area contributed by atoms with E-state index in [1.807, 2.05) is 54.6 Å². The summed E-state index contributed by atoms with van der Waals surface area (Å²) in [5.74, 6) is -1.13. The Morgan fingerprint density at radius 1 is 1.00 bits per heavy atom. The fraction of sp³-hybridized carbons (Fsp3) is 0.269. The molecule has 2 aromatic heterocycles. The maximum atomic E-state index is 12.0. The number of aromatic carboxylic acids is 1. The van der Waals surface area contributed by atoms with Crippen molar-refractivity contribution < 1.29 is 19.7 Å². The molecule has 8 nitrogen and oxygen atoms in total. The van der Waals surface area contributed by atoms with Crippen molar-refractivity contribution >= 4 is 22.7 Å². The molecular weight excluding hydrogens is 432 g/mol. The van der Waals surface area contributed by atoms with Crippen molar-refractivity contribution in [2.45, 2.75) is 19.4 Å². The summed E-state index contributed by atoms with van der Waals surface area (Å²) in [5.41, 5.74) is 2.76. The molecule has 0 radical (unpaired) electrons. The van der Waals surface area contributed by atoms with Gasteiger partial charge in [-0.3, -0.25) is 0 Å². The molecule has 1 aliphatic heterocycles. The van der Waals surface area contributed by atoms with Crippen molar-refractivity contribution in [3.63, 3.8) is 0 Å². The van der Waals surface area contributed by atoms with Crippen LogP contribution in [0.3, 0.4) is 0 Å². The summed E-state index contributed by atoms with van der Waals surface area (Å²) in [6.45, 7) is 6.38. The number of benzene rings is 2. The van der Waals surface area contributed by atoms with Crippen molar-refractivity contribution in [1.82, 2.24) is 14.8 Å². The van der Waals surface area contributed by atoms with Crippen molar-refractivity contribution in [2.24, 2.45) is 0 Å². The number of aromatic nitrogens is 3. The Labute approximate surface area is 197 Å². The monoisotopic (exact) mass is 458 g/mol. The summed E-state index contributed by atoms with van der Waals surface area (Å²) < 4.78 is 7.04. The second-order valence-corrected chi connectivity index (χ2v) is 8.86. The van der Waals surface area contributed by atoms with E-state index in [2.05, 4.69) is 9.88 Å². The second kappa shape index (κ2) is 8.55. The van der Waals surface area contributed by atoms with Crippen LogP contribution in [0.1, 0.15) is 30.0 Å². The van der Waals surface area contributed by atoms with Gasteiger partial charge in [-0.15, -0.1) is 0 Å². The molecule has 1 fully saturated rings. The summed E-state index contributed by atoms with van der Waals surface area (Å²) in [6.07, 6.45) is 0. The molecule has 1 saturated heterocycles. The molecule has 2 N–H and O–H groups in total. The molecule has 0 saturated carbocycles. The van der Waals surface area contributed by atoms with Gasteiger partial charge in [0, 0.05) is 18.8 Å². The van der Waals surface area contributed by atoms with Gasteiger partial charge in [-0.1, -0.05) is 30.3 Å². The number of ether oxygens (including phenoxy) is 1. The van der Waals surface area contributed by atoms with E-state index in [9.17, 15) is 15.0 Å². The van der Waals surface area contributed by atoms with Crippen LogP contribution in [-0.2, 0) is 10.3 Å². The minimum Gasteiger partial charge on any atom is -0.477 e. The van der Waals surface area contributed by atoms with Gasteiger partial charge in [0.05, 0.1) is 24.3 Å². The van der Waals surface area contributed by atoms with Crippen molar-refractivity contribution in [3.8, 4) is 16.8 Å². The highest BCUT2D eigenvalue weighted by molar-refractivity contribution is 6.00. The van der Waals surface area contributed by atoms with Gasteiger partial charge in [-0.05, 0) is 55.3 Å². The normalized spacial score (nSPS) is 14.5. The fourth-order valence-corrected chi connectivity index (χ4v) is 4.30. The summed E-state index contributed by atoms with van der Waals surface area (Å²) in [6, 6.07) is 18.9. The molecule has 2 aromatic carbocycles. The number of rotatable bonds is 5. The molecule has 4 aromatic rings. The zero-order valence-corrected chi connectivity index (χ0v) is 19.1. The van der Waals surface area contributed by atoms with Gasteiger partial charge in [-0.2, -0.15) is 5.10 Å². The van der Waals surface area contributed by atoms with E-state index in [-0.39, 0.29) is 5.69 Å². The van der Waals surface area contributed by atoms with Crippen LogP contribution in [0.25, 0.3) is 27.8 Å². The van der Waals surface area contributed by atoms with E-state index in [0.29, 0.717) is 35.5 Å². The molecule has 8 heteroatoms. The first kappa shape index (κ1) is 22.1. The minimum absolute atomic E-state index is 0.0841. The van der Waals surface area contributed by atoms with E-state index >= 15 is 0 Å². The van der Waals surface area contributed by atoms with Gasteiger partial charge in [0.15, 0.2) is 11.3 Å². The lowest BCUT2D eigenvalue weighted by Crippen LogP contribution is -2.36. The molecule has 0 aliphatic carbocycles. The Hall–Kier alpha value is -3.75. The third kappa shape index (κ3) is 4.02. The predicted octanol–water partition coefficient (Wildman–Crippen LogP) is 3.85. The molecule has 5 rings (SSSR count). The summed E-state index contributed by atoms with van der Waals surface area (Å²) in [7, 11) is 0. The number of morpholine rings is 1. The predicted molar refractivity (Wildman–Crippen MR) is 130 cm³/mol. The van der Waals surface area contributed by atoms with Crippen LogP contribution in [-0.4, -0.2) is 57.3 Å². The smallest absolute Gasteiger partial charge is 0.354 e. The molecule has 0 amide bonds. The Morgan fingerprint density at radius 3 is 2.29 bits per heavy atom. The molecule has 0 atom stereocenters. The highest BCUT2D eigenvalue weighted by atomic mass is 16.5. The highest BCUT2D eigenvalue weighted by Gasteiger charge is 2.29. The number of carboxylic acid groups (broad SMARTS) is 1. The van der Waals surface area contributed by atoms with Gasteiger partial charge in [-0.25, -0.2) is 14.5 Å². The lowest BCUT2D eigenvalue weighted by atomic mass is 9.95. The number of fused-ring (bicyclic) bond motifs is 1. The van der Waals surface area contributed by atoms with Crippen molar-refractivity contribution in [1.29, 1.82) is 0 Å². The number of pyridine rings is 1. The number of hydrogen-bond acceptors (Lipinski definition) is 6. The van der Waals surface area contributed by atoms with Gasteiger partial charge in [0.25, 0.3) is 0 Å². The van der Waals surface area contributed by atoms with E-state index in [0.717, 1.165) is 30.0 Å². The van der Waals surface area contributed by atoms with Crippen molar-refractivity contribution in [2.75, 3.05) is 31.2 Å². The third-order valence-electron chi connectivity index (χ3n) is 5.99. The Morgan fingerprint density at radius 2 is 1.68 bits per heavy atom. The highest BCUT2D eigenvalue weighted by Crippen LogP contribution is 2.37. The molecule has 174 valence electrons. The van der Waals surface area contributed by atoms with Crippen molar-refractivity contribution in [3.05, 3.63) is 72.1 Å². The standard InChI is InChI=1S/C26H26N4O4/c1-26(2,33)23-22-20(17-8-10-18(11-9-17)29-12-14-34-15-13-29)16-21(25(31)32)27-24(22)30(28-23)19-6-4-3-5-7-19/h3-11,16,33H,12-15H2,1-2H3,(H,31,32). The SMILES string of the molecule is CC(C)(O)c1nn(-c2ccccc2)c2nc(C(=O)O)cc(-c3ccc(N4CCOCC4)cc3)c12. The molecule has 0 spiro atoms. The average Bonchev–Trinajstić information content (AvgIpc) is 3.25. The lowest BCUT2D eigenvalue weighted by molar-refractivity contribution is 0.0690. The maximum Gasteiger partial charge on any atom is 0.354 e. The van der Waals surface area contributed by atoms with Crippen LogP contribution in [0, 0.1) is 0 Å². The summed E-state index contributed by atoms with van der Waals surface area (Å²) >= 11 is 0. The molecule has 3 heterocycles. The summed E-state index contributed by atoms with van der Waals surface area (Å²) in [5, 5.41) is 26.1. The largest absolute Gasteiger partial charge is 0.477 e. The van der Waals surface area contributed by atoms with E-state index in [1.165, 1.54) is 0 Å². The van der Waals surface area contributed by atoms with Crippen LogP contribution in [0.4, 0.5) is 5.69 Å². The zero-order valence-electron chi connectivity index (χ0n) is 19.1. The molecule has 1 aliphatic rings. The molecule has 34 heavy (non-hydrogen) atoms. The van der Waals surface area contributed by atoms with E-state index in [1.54, 1.807) is 24.6 Å².